The van der Waals surface area contributed by atoms with E-state index in [1.54, 1.807) is 6.92 Å². The van der Waals surface area contributed by atoms with Crippen LogP contribution in [0.1, 0.15) is 127 Å². The van der Waals surface area contributed by atoms with Crippen molar-refractivity contribution in [3.05, 3.63) is 23.2 Å². The van der Waals surface area contributed by atoms with E-state index in [1.807, 2.05) is 6.92 Å². The summed E-state index contributed by atoms with van der Waals surface area (Å²) < 4.78 is 49.0. The van der Waals surface area contributed by atoms with Gasteiger partial charge in [-0.3, -0.25) is 4.79 Å². The summed E-state index contributed by atoms with van der Waals surface area (Å²) in [5.41, 5.74) is -0.391. The molecule has 20 nitrogen and oxygen atoms in total. The Kier molecular flexibility index (Phi) is 14.8. The van der Waals surface area contributed by atoms with Crippen LogP contribution in [-0.2, 0) is 47.5 Å². The number of carboxylic acids is 1. The fourth-order valence-electron chi connectivity index (χ4n) is 16.0. The Morgan fingerprint density at radius 2 is 1.41 bits per heavy atom. The molecule has 7 fully saturated rings. The lowest BCUT2D eigenvalue weighted by Crippen LogP contribution is -2.68. The van der Waals surface area contributed by atoms with Crippen LogP contribution in [0.2, 0.25) is 0 Å². The van der Waals surface area contributed by atoms with E-state index in [0.29, 0.717) is 12.8 Å². The highest BCUT2D eigenvalue weighted by atomic mass is 16.8. The third-order valence-electron chi connectivity index (χ3n) is 20.7. The third kappa shape index (κ3) is 8.95. The SMILES string of the molecule is CC1=C(O)C(=O)C[C@H](O[C@@H]2CC(C)(C)C[C@H]3C4=CC[C@@H]5[C@@]6(C)CC[C@H](O[C@@H]7O[C@H](C(=O)O)[C@@H](O)[C@H](O)[C@H]7O[C@@H]7OC[C@H](O)[C@H](O)[C@H]7O[C@@H]7O[C@@H](C)[C@H](O)[C@@H](O)[C@H]7O)[C@](C)(CO)[C@@H]6CC[C@@]5(C)[C@]4(C)CC[C@@]23C)O1. The largest absolute Gasteiger partial charge is 0.502 e. The Balaban J connectivity index is 0.968. The second kappa shape index (κ2) is 19.5. The Morgan fingerprint density at radius 1 is 0.726 bits per heavy atom. The molecule has 4 saturated carbocycles. The molecule has 0 spiro atoms. The van der Waals surface area contributed by atoms with Crippen LogP contribution < -0.4 is 0 Å². The Morgan fingerprint density at radius 3 is 2.08 bits per heavy atom. The van der Waals surface area contributed by atoms with E-state index in [1.165, 1.54) is 12.5 Å². The minimum atomic E-state index is -2.04. The van der Waals surface area contributed by atoms with Crippen molar-refractivity contribution < 1.29 is 98.5 Å². The fraction of sp³-hybridized carbons (Fsp3) is 0.887. The lowest BCUT2D eigenvalue weighted by atomic mass is 9.33. The molecule has 0 aromatic rings. The maximum absolute atomic E-state index is 12.7. The molecular formula is C53H82O20. The summed E-state index contributed by atoms with van der Waals surface area (Å²) in [6.45, 7) is 18.4. The lowest BCUT2D eigenvalue weighted by molar-refractivity contribution is -0.387. The van der Waals surface area contributed by atoms with E-state index >= 15 is 0 Å². The maximum Gasteiger partial charge on any atom is 0.335 e. The number of ether oxygens (including phenoxy) is 8. The number of hydrogen-bond donors (Lipinski definition) is 10. The van der Waals surface area contributed by atoms with Gasteiger partial charge in [-0.25, -0.2) is 4.79 Å². The number of fused-ring (bicyclic) bond motifs is 7. The first-order valence-electron chi connectivity index (χ1n) is 26.5. The van der Waals surface area contributed by atoms with Gasteiger partial charge in [0.2, 0.25) is 12.1 Å². The summed E-state index contributed by atoms with van der Waals surface area (Å²) in [4.78, 5) is 25.2. The Hall–Kier alpha value is -2.38. The number of allylic oxidation sites excluding steroid dienone is 4. The van der Waals surface area contributed by atoms with E-state index in [0.717, 1.165) is 44.9 Å². The highest BCUT2D eigenvalue weighted by molar-refractivity contribution is 5.94. The average Bonchev–Trinajstić information content (AvgIpc) is 3.32. The molecule has 0 unspecified atom stereocenters. The average molecular weight is 1040 g/mol. The summed E-state index contributed by atoms with van der Waals surface area (Å²) in [5.74, 6) is -1.82. The highest BCUT2D eigenvalue weighted by Crippen LogP contribution is 2.76. The normalized spacial score (nSPS) is 52.9. The molecule has 10 N–H and O–H groups in total. The van der Waals surface area contributed by atoms with Crippen molar-refractivity contribution in [2.75, 3.05) is 13.2 Å². The van der Waals surface area contributed by atoms with E-state index in [-0.39, 0.29) is 81.3 Å². The molecule has 0 aromatic heterocycles. The topological polar surface area (TPSA) is 310 Å². The van der Waals surface area contributed by atoms with Crippen molar-refractivity contribution >= 4 is 11.8 Å². The summed E-state index contributed by atoms with van der Waals surface area (Å²) in [5, 5.41) is 108. The van der Waals surface area contributed by atoms with E-state index < -0.39 is 116 Å². The van der Waals surface area contributed by atoms with Gasteiger partial charge in [-0.15, -0.1) is 0 Å². The predicted octanol–water partition coefficient (Wildman–Crippen LogP) is 2.47. The molecule has 9 aliphatic rings. The zero-order valence-electron chi connectivity index (χ0n) is 43.7. The fourth-order valence-corrected chi connectivity index (χ4v) is 16.0. The molecule has 0 amide bonds. The Bertz CT molecular complexity index is 2150. The first-order chi connectivity index (χ1) is 34.0. The van der Waals surface area contributed by atoms with Crippen molar-refractivity contribution in [2.45, 2.75) is 231 Å². The van der Waals surface area contributed by atoms with Gasteiger partial charge in [0, 0.05) is 10.8 Å². The van der Waals surface area contributed by atoms with Crippen LogP contribution >= 0.6 is 0 Å². The molecule has 3 saturated heterocycles. The van der Waals surface area contributed by atoms with Crippen molar-refractivity contribution in [3.63, 3.8) is 0 Å². The minimum Gasteiger partial charge on any atom is -0.502 e. The summed E-state index contributed by atoms with van der Waals surface area (Å²) in [6, 6.07) is 0. The van der Waals surface area contributed by atoms with Crippen molar-refractivity contribution in [3.8, 4) is 0 Å². The third-order valence-corrected chi connectivity index (χ3v) is 20.7. The lowest BCUT2D eigenvalue weighted by Gasteiger charge is -2.72. The molecule has 9 rings (SSSR count). The van der Waals surface area contributed by atoms with E-state index in [4.69, 9.17) is 37.9 Å². The molecule has 0 aromatic carbocycles. The monoisotopic (exact) mass is 1040 g/mol. The Labute approximate surface area is 426 Å². The number of carbonyl (C=O) groups excluding carboxylic acids is 1. The smallest absolute Gasteiger partial charge is 0.335 e. The van der Waals surface area contributed by atoms with Gasteiger partial charge in [0.05, 0.1) is 37.9 Å². The number of aliphatic hydroxyl groups excluding tert-OH is 9. The molecule has 0 radical (unpaired) electrons. The zero-order valence-corrected chi connectivity index (χ0v) is 43.7. The van der Waals surface area contributed by atoms with Crippen LogP contribution in [0.5, 0.6) is 0 Å². The van der Waals surface area contributed by atoms with Gasteiger partial charge >= 0.3 is 5.97 Å². The number of carbonyl (C=O) groups is 2. The number of aliphatic hydroxyl groups is 9. The molecule has 4 aliphatic heterocycles. The second-order valence-electron chi connectivity index (χ2n) is 25.3. The first kappa shape index (κ1) is 55.4. The predicted molar refractivity (Wildman–Crippen MR) is 253 cm³/mol. The first-order valence-corrected chi connectivity index (χ1v) is 26.5. The number of ketones is 1. The van der Waals surface area contributed by atoms with Crippen molar-refractivity contribution in [2.24, 2.45) is 50.2 Å². The van der Waals surface area contributed by atoms with Crippen LogP contribution in [0.4, 0.5) is 0 Å². The van der Waals surface area contributed by atoms with Crippen LogP contribution in [0.3, 0.4) is 0 Å². The van der Waals surface area contributed by atoms with Gasteiger partial charge in [0.1, 0.15) is 60.7 Å². The number of hydrogen-bond acceptors (Lipinski definition) is 19. The molecule has 20 heteroatoms. The zero-order chi connectivity index (χ0) is 53.3. The number of Topliss-reactive ketones (excluding diaryl/α,β-unsaturated/α-hetero) is 1. The molecular weight excluding hydrogens is 957 g/mol. The molecule has 4 heterocycles. The van der Waals surface area contributed by atoms with Gasteiger partial charge in [0.25, 0.3) is 0 Å². The molecule has 73 heavy (non-hydrogen) atoms. The highest BCUT2D eigenvalue weighted by Gasteiger charge is 2.70. The van der Waals surface area contributed by atoms with Crippen molar-refractivity contribution in [1.29, 1.82) is 0 Å². The van der Waals surface area contributed by atoms with E-state index in [9.17, 15) is 60.7 Å². The van der Waals surface area contributed by atoms with Gasteiger partial charge in [-0.05, 0) is 111 Å². The van der Waals surface area contributed by atoms with Gasteiger partial charge in [-0.2, -0.15) is 0 Å². The standard InChI is InChI=1S/C53H82O20/c1-23-34(57)27(55)18-33(67-23)69-32-20-48(3,4)19-26-25-10-11-30-50(6)14-13-31(51(7,22-54)29(50)12-15-53(30,9)52(25,8)17-16-49(26,32)5)70-47-43(39(62)38(61)41(71-47)44(64)65)73-46-42(36(59)28(56)21-66-46)72-45-40(63)37(60)35(58)24(2)68-45/h10,24,26,28-33,35-43,45-47,54,56-63H,11-22H2,1-9H3,(H,64,65)/t24-,26-,28-,29+,30+,31-,32+,33-,35-,36-,37+,38-,39-,40+,41-,42+,43+,45-,46-,47+,49+,50-,51+,52+,53+/m0/s1. The molecule has 0 bridgehead atoms. The number of carboxylic acid groups (broad SMARTS) is 1. The van der Waals surface area contributed by atoms with Gasteiger partial charge < -0.3 is 89.0 Å². The van der Waals surface area contributed by atoms with Gasteiger partial charge in [0.15, 0.2) is 30.7 Å². The van der Waals surface area contributed by atoms with Crippen LogP contribution in [-0.4, -0.2) is 181 Å². The van der Waals surface area contributed by atoms with Crippen LogP contribution in [0, 0.1) is 50.2 Å². The van der Waals surface area contributed by atoms with Crippen LogP contribution in [0.15, 0.2) is 23.2 Å². The molecule has 5 aliphatic carbocycles. The summed E-state index contributed by atoms with van der Waals surface area (Å²) in [7, 11) is 0. The van der Waals surface area contributed by atoms with Crippen molar-refractivity contribution in [1.82, 2.24) is 0 Å². The number of aliphatic carboxylic acids is 1. The minimum absolute atomic E-state index is 0.0412. The maximum atomic E-state index is 12.7. The number of rotatable bonds is 10. The molecule has 414 valence electrons. The molecule has 25 atom stereocenters. The van der Waals surface area contributed by atoms with Gasteiger partial charge in [-0.1, -0.05) is 60.1 Å². The quantitative estimate of drug-likeness (QED) is 0.111. The van der Waals surface area contributed by atoms with Crippen LogP contribution in [0.25, 0.3) is 0 Å². The summed E-state index contributed by atoms with van der Waals surface area (Å²) >= 11 is 0. The summed E-state index contributed by atoms with van der Waals surface area (Å²) in [6.07, 6.45) is -15.9. The second-order valence-corrected chi connectivity index (χ2v) is 25.3. The van der Waals surface area contributed by atoms with E-state index in [2.05, 4.69) is 47.6 Å².